The van der Waals surface area contributed by atoms with Gasteiger partial charge in [-0.1, -0.05) is 0 Å². The molecule has 0 heterocycles. The molecule has 0 aliphatic carbocycles. The quantitative estimate of drug-likeness (QED) is 0.653. The normalized spacial score (nSPS) is 11.3. The predicted molar refractivity (Wildman–Crippen MR) is 57.6 cm³/mol. The Morgan fingerprint density at radius 3 is 2.56 bits per heavy atom. The number of ether oxygens (including phenoxy) is 1. The minimum atomic E-state index is -4.41. The van der Waals surface area contributed by atoms with E-state index in [0.717, 1.165) is 12.1 Å². The Bertz CT molecular complexity index is 404. The van der Waals surface area contributed by atoms with Crippen LogP contribution in [0.15, 0.2) is 22.7 Å². The van der Waals surface area contributed by atoms with Crippen LogP contribution >= 0.6 is 15.9 Å². The zero-order chi connectivity index (χ0) is 12.3. The number of halogens is 4. The first-order valence-corrected chi connectivity index (χ1v) is 5.24. The number of hydrogen-bond acceptors (Lipinski definition) is 2. The Hall–Kier alpha value is -1.04. The van der Waals surface area contributed by atoms with Crippen molar-refractivity contribution in [2.75, 3.05) is 6.61 Å². The molecule has 16 heavy (non-hydrogen) atoms. The standard InChI is InChI=1S/C10H9BrF3NO/c1-2-16-9(15)7-5-6(10(12,13)14)3-4-8(7)11/h3-5,15H,2H2,1H3. The van der Waals surface area contributed by atoms with Gasteiger partial charge >= 0.3 is 6.18 Å². The lowest BCUT2D eigenvalue weighted by Crippen LogP contribution is -2.10. The maximum absolute atomic E-state index is 12.4. The second-order valence-electron chi connectivity index (χ2n) is 2.95. The summed E-state index contributed by atoms with van der Waals surface area (Å²) in [7, 11) is 0. The van der Waals surface area contributed by atoms with Crippen molar-refractivity contribution in [2.45, 2.75) is 13.1 Å². The van der Waals surface area contributed by atoms with Gasteiger partial charge in [0.2, 0.25) is 5.90 Å². The average molecular weight is 296 g/mol. The van der Waals surface area contributed by atoms with E-state index in [2.05, 4.69) is 15.9 Å². The van der Waals surface area contributed by atoms with E-state index in [1.807, 2.05) is 0 Å². The van der Waals surface area contributed by atoms with Gasteiger partial charge in [0, 0.05) is 4.47 Å². The first kappa shape index (κ1) is 13.0. The molecule has 0 bridgehead atoms. The summed E-state index contributed by atoms with van der Waals surface area (Å²) >= 11 is 3.08. The number of benzene rings is 1. The maximum Gasteiger partial charge on any atom is 0.416 e. The number of alkyl halides is 3. The fraction of sp³-hybridized carbons (Fsp3) is 0.300. The lowest BCUT2D eigenvalue weighted by molar-refractivity contribution is -0.137. The minimum Gasteiger partial charge on any atom is -0.478 e. The fourth-order valence-corrected chi connectivity index (χ4v) is 1.52. The van der Waals surface area contributed by atoms with Crippen molar-refractivity contribution in [1.29, 1.82) is 5.41 Å². The van der Waals surface area contributed by atoms with E-state index in [1.54, 1.807) is 6.92 Å². The number of hydrogen-bond donors (Lipinski definition) is 1. The highest BCUT2D eigenvalue weighted by atomic mass is 79.9. The van der Waals surface area contributed by atoms with Crippen molar-refractivity contribution >= 4 is 21.8 Å². The van der Waals surface area contributed by atoms with E-state index in [9.17, 15) is 13.2 Å². The molecular formula is C10H9BrF3NO. The third kappa shape index (κ3) is 2.98. The Morgan fingerprint density at radius 2 is 2.06 bits per heavy atom. The molecule has 0 unspecified atom stereocenters. The van der Waals surface area contributed by atoms with E-state index in [-0.39, 0.29) is 18.1 Å². The Balaban J connectivity index is 3.14. The van der Waals surface area contributed by atoms with Crippen LogP contribution in [-0.2, 0) is 10.9 Å². The lowest BCUT2D eigenvalue weighted by Gasteiger charge is -2.11. The highest BCUT2D eigenvalue weighted by Gasteiger charge is 2.31. The van der Waals surface area contributed by atoms with Gasteiger partial charge in [0.25, 0.3) is 0 Å². The third-order valence-electron chi connectivity index (χ3n) is 1.83. The summed E-state index contributed by atoms with van der Waals surface area (Å²) < 4.78 is 42.5. The van der Waals surface area contributed by atoms with Gasteiger partial charge in [-0.3, -0.25) is 5.41 Å². The van der Waals surface area contributed by atoms with Gasteiger partial charge in [-0.15, -0.1) is 0 Å². The van der Waals surface area contributed by atoms with Crippen molar-refractivity contribution < 1.29 is 17.9 Å². The molecule has 0 radical (unpaired) electrons. The van der Waals surface area contributed by atoms with Gasteiger partial charge in [0.05, 0.1) is 17.7 Å². The summed E-state index contributed by atoms with van der Waals surface area (Å²) in [5, 5.41) is 7.45. The predicted octanol–water partition coefficient (Wildman–Crippen LogP) is 3.83. The van der Waals surface area contributed by atoms with E-state index < -0.39 is 11.7 Å². The van der Waals surface area contributed by atoms with E-state index in [0.29, 0.717) is 4.47 Å². The molecule has 0 aliphatic heterocycles. The second-order valence-corrected chi connectivity index (χ2v) is 3.81. The SMILES string of the molecule is CCOC(=N)c1cc(C(F)(F)F)ccc1Br. The summed E-state index contributed by atoms with van der Waals surface area (Å²) in [6.07, 6.45) is -4.41. The van der Waals surface area contributed by atoms with E-state index >= 15 is 0 Å². The average Bonchev–Trinajstić information content (AvgIpc) is 2.16. The van der Waals surface area contributed by atoms with Gasteiger partial charge < -0.3 is 4.74 Å². The third-order valence-corrected chi connectivity index (χ3v) is 2.52. The molecule has 88 valence electrons. The molecule has 0 saturated heterocycles. The zero-order valence-corrected chi connectivity index (χ0v) is 9.95. The monoisotopic (exact) mass is 295 g/mol. The molecule has 0 fully saturated rings. The highest BCUT2D eigenvalue weighted by Crippen LogP contribution is 2.32. The molecule has 1 aromatic rings. The lowest BCUT2D eigenvalue weighted by atomic mass is 10.1. The summed E-state index contributed by atoms with van der Waals surface area (Å²) in [4.78, 5) is 0. The van der Waals surface area contributed by atoms with Crippen LogP contribution in [0.4, 0.5) is 13.2 Å². The largest absolute Gasteiger partial charge is 0.478 e. The highest BCUT2D eigenvalue weighted by molar-refractivity contribution is 9.10. The molecule has 0 saturated carbocycles. The van der Waals surface area contributed by atoms with Gasteiger partial charge in [-0.05, 0) is 41.1 Å². The molecule has 1 rings (SSSR count). The van der Waals surface area contributed by atoms with Gasteiger partial charge in [-0.2, -0.15) is 13.2 Å². The Kier molecular flexibility index (Phi) is 3.96. The van der Waals surface area contributed by atoms with Crippen LogP contribution in [0.2, 0.25) is 0 Å². The molecule has 0 spiro atoms. The van der Waals surface area contributed by atoms with Crippen LogP contribution in [-0.4, -0.2) is 12.5 Å². The molecule has 0 atom stereocenters. The minimum absolute atomic E-state index is 0.0941. The van der Waals surface area contributed by atoms with Crippen LogP contribution in [0.25, 0.3) is 0 Å². The van der Waals surface area contributed by atoms with Gasteiger partial charge in [0.1, 0.15) is 0 Å². The fourth-order valence-electron chi connectivity index (χ4n) is 1.10. The van der Waals surface area contributed by atoms with E-state index in [4.69, 9.17) is 10.1 Å². The number of nitrogens with one attached hydrogen (secondary N) is 1. The summed E-state index contributed by atoms with van der Waals surface area (Å²) in [6, 6.07) is 3.10. The van der Waals surface area contributed by atoms with Crippen LogP contribution in [0.1, 0.15) is 18.1 Å². The molecular weight excluding hydrogens is 287 g/mol. The first-order valence-electron chi connectivity index (χ1n) is 4.44. The zero-order valence-electron chi connectivity index (χ0n) is 8.36. The second kappa shape index (κ2) is 4.86. The van der Waals surface area contributed by atoms with Crippen molar-refractivity contribution in [3.63, 3.8) is 0 Å². The molecule has 0 aromatic heterocycles. The van der Waals surface area contributed by atoms with Gasteiger partial charge in [-0.25, -0.2) is 0 Å². The molecule has 1 N–H and O–H groups in total. The van der Waals surface area contributed by atoms with E-state index in [1.165, 1.54) is 6.07 Å². The van der Waals surface area contributed by atoms with Crippen molar-refractivity contribution in [3.05, 3.63) is 33.8 Å². The maximum atomic E-state index is 12.4. The van der Waals surface area contributed by atoms with Crippen molar-refractivity contribution in [2.24, 2.45) is 0 Å². The van der Waals surface area contributed by atoms with Crippen LogP contribution in [0.3, 0.4) is 0 Å². The van der Waals surface area contributed by atoms with Crippen LogP contribution < -0.4 is 0 Å². The number of rotatable bonds is 2. The van der Waals surface area contributed by atoms with Crippen LogP contribution in [0, 0.1) is 5.41 Å². The topological polar surface area (TPSA) is 33.1 Å². The molecule has 6 heteroatoms. The first-order chi connectivity index (χ1) is 7.36. The summed E-state index contributed by atoms with van der Waals surface area (Å²) in [6.45, 7) is 1.90. The Labute approximate surface area is 99.1 Å². The molecule has 0 amide bonds. The molecule has 0 aliphatic rings. The van der Waals surface area contributed by atoms with Crippen molar-refractivity contribution in [3.8, 4) is 0 Å². The Morgan fingerprint density at radius 1 is 1.44 bits per heavy atom. The molecule has 1 aromatic carbocycles. The summed E-state index contributed by atoms with van der Waals surface area (Å²) in [5.41, 5.74) is -0.702. The van der Waals surface area contributed by atoms with Crippen LogP contribution in [0.5, 0.6) is 0 Å². The smallest absolute Gasteiger partial charge is 0.416 e. The summed E-state index contributed by atoms with van der Waals surface area (Å²) in [5.74, 6) is -0.277. The van der Waals surface area contributed by atoms with Gasteiger partial charge in [0.15, 0.2) is 0 Å². The molecule has 2 nitrogen and oxygen atoms in total. The van der Waals surface area contributed by atoms with Crippen molar-refractivity contribution in [1.82, 2.24) is 0 Å².